The fraction of sp³-hybridized carbons (Fsp3) is 0.400. The van der Waals surface area contributed by atoms with E-state index >= 15 is 0 Å². The van der Waals surface area contributed by atoms with Crippen LogP contribution in [-0.4, -0.2) is 23.5 Å². The van der Waals surface area contributed by atoms with Crippen molar-refractivity contribution in [2.75, 3.05) is 5.32 Å². The summed E-state index contributed by atoms with van der Waals surface area (Å²) in [5, 5.41) is 4.30. The topological polar surface area (TPSA) is 73.9 Å². The zero-order valence-electron chi connectivity index (χ0n) is 16.3. The molecule has 0 radical (unpaired) electrons. The van der Waals surface area contributed by atoms with Gasteiger partial charge >= 0.3 is 12.2 Å². The van der Waals surface area contributed by atoms with E-state index in [1.807, 2.05) is 24.3 Å². The highest BCUT2D eigenvalue weighted by Crippen LogP contribution is 2.36. The second-order valence-corrected chi connectivity index (χ2v) is 9.05. The SMILES string of the molecule is CC(C)(C)OC(=O)Nc1cc(OC(=O)OC(C)(C)C)c2ccccc2c1I. The van der Waals surface area contributed by atoms with Gasteiger partial charge in [-0.05, 0) is 64.1 Å². The predicted molar refractivity (Wildman–Crippen MR) is 113 cm³/mol. The number of rotatable bonds is 2. The molecule has 2 aromatic rings. The van der Waals surface area contributed by atoms with Crippen molar-refractivity contribution in [3.8, 4) is 5.75 Å². The molecule has 0 aliphatic carbocycles. The van der Waals surface area contributed by atoms with Gasteiger partial charge in [0.15, 0.2) is 0 Å². The van der Waals surface area contributed by atoms with Gasteiger partial charge in [-0.25, -0.2) is 9.59 Å². The smallest absolute Gasteiger partial charge is 0.444 e. The van der Waals surface area contributed by atoms with Crippen molar-refractivity contribution in [3.63, 3.8) is 0 Å². The number of amides is 1. The summed E-state index contributed by atoms with van der Waals surface area (Å²) in [5.41, 5.74) is -0.808. The number of anilines is 1. The molecule has 2 aromatic carbocycles. The maximum absolute atomic E-state index is 12.2. The second-order valence-electron chi connectivity index (χ2n) is 7.98. The highest BCUT2D eigenvalue weighted by molar-refractivity contribution is 14.1. The highest BCUT2D eigenvalue weighted by atomic mass is 127. The van der Waals surface area contributed by atoms with Gasteiger partial charge in [-0.2, -0.15) is 0 Å². The fourth-order valence-electron chi connectivity index (χ4n) is 2.26. The van der Waals surface area contributed by atoms with E-state index < -0.39 is 23.5 Å². The highest BCUT2D eigenvalue weighted by Gasteiger charge is 2.22. The number of ether oxygens (including phenoxy) is 3. The molecule has 0 aliphatic heterocycles. The first kappa shape index (κ1) is 21.3. The van der Waals surface area contributed by atoms with Gasteiger partial charge in [-0.3, -0.25) is 5.32 Å². The Balaban J connectivity index is 2.40. The van der Waals surface area contributed by atoms with Crippen molar-refractivity contribution in [1.82, 2.24) is 0 Å². The minimum Gasteiger partial charge on any atom is -0.444 e. The molecule has 6 nitrogen and oxygen atoms in total. The van der Waals surface area contributed by atoms with Gasteiger partial charge in [0.25, 0.3) is 0 Å². The molecule has 0 unspecified atom stereocenters. The lowest BCUT2D eigenvalue weighted by atomic mass is 10.1. The van der Waals surface area contributed by atoms with Crippen LogP contribution in [0.3, 0.4) is 0 Å². The maximum atomic E-state index is 12.2. The Morgan fingerprint density at radius 1 is 0.926 bits per heavy atom. The Hall–Kier alpha value is -2.03. The van der Waals surface area contributed by atoms with E-state index in [2.05, 4.69) is 27.9 Å². The predicted octanol–water partition coefficient (Wildman–Crippen LogP) is 6.11. The van der Waals surface area contributed by atoms with Crippen LogP contribution in [0.15, 0.2) is 30.3 Å². The summed E-state index contributed by atoms with van der Waals surface area (Å²) in [4.78, 5) is 24.3. The summed E-state index contributed by atoms with van der Waals surface area (Å²) >= 11 is 2.14. The van der Waals surface area contributed by atoms with Crippen LogP contribution in [0.1, 0.15) is 41.5 Å². The summed E-state index contributed by atoms with van der Waals surface area (Å²) in [5.74, 6) is 0.298. The molecule has 0 aromatic heterocycles. The van der Waals surface area contributed by atoms with Crippen LogP contribution in [-0.2, 0) is 9.47 Å². The number of halogens is 1. The minimum atomic E-state index is -0.808. The van der Waals surface area contributed by atoms with Crippen LogP contribution < -0.4 is 10.1 Å². The van der Waals surface area contributed by atoms with Gasteiger partial charge in [0.05, 0.1) is 5.69 Å². The Morgan fingerprint density at radius 3 is 2.04 bits per heavy atom. The van der Waals surface area contributed by atoms with E-state index in [0.29, 0.717) is 11.4 Å². The molecule has 2 rings (SSSR count). The molecule has 0 spiro atoms. The molecule has 146 valence electrons. The van der Waals surface area contributed by atoms with E-state index in [-0.39, 0.29) is 0 Å². The number of hydrogen-bond acceptors (Lipinski definition) is 5. The second kappa shape index (κ2) is 7.92. The van der Waals surface area contributed by atoms with Crippen molar-refractivity contribution in [2.24, 2.45) is 0 Å². The zero-order chi connectivity index (χ0) is 20.4. The van der Waals surface area contributed by atoms with Crippen molar-refractivity contribution >= 4 is 51.3 Å². The molecule has 0 bridgehead atoms. The Morgan fingerprint density at radius 2 is 1.48 bits per heavy atom. The van der Waals surface area contributed by atoms with E-state index in [1.54, 1.807) is 47.6 Å². The van der Waals surface area contributed by atoms with Crippen molar-refractivity contribution in [3.05, 3.63) is 33.9 Å². The summed E-state index contributed by atoms with van der Waals surface area (Å²) in [6.45, 7) is 10.6. The molecule has 0 saturated carbocycles. The standard InChI is InChI=1S/C20H24INO5/c1-19(2,3)26-17(23)22-14-11-15(25-18(24)27-20(4,5)6)12-9-7-8-10-13(12)16(14)21/h7-11H,1-6H3,(H,22,23). The van der Waals surface area contributed by atoms with Crippen LogP contribution in [0.4, 0.5) is 15.3 Å². The van der Waals surface area contributed by atoms with Gasteiger partial charge in [0.1, 0.15) is 17.0 Å². The number of carbonyl (C=O) groups excluding carboxylic acids is 2. The molecular formula is C20H24INO5. The minimum absolute atomic E-state index is 0.298. The van der Waals surface area contributed by atoms with Crippen LogP contribution in [0.2, 0.25) is 0 Å². The lowest BCUT2D eigenvalue weighted by Gasteiger charge is -2.21. The molecule has 0 aliphatic rings. The van der Waals surface area contributed by atoms with Gasteiger partial charge in [-0.1, -0.05) is 24.3 Å². The summed E-state index contributed by atoms with van der Waals surface area (Å²) in [6.07, 6.45) is -1.39. The molecular weight excluding hydrogens is 461 g/mol. The van der Waals surface area contributed by atoms with E-state index in [4.69, 9.17) is 14.2 Å². The van der Waals surface area contributed by atoms with Gasteiger partial charge in [-0.15, -0.1) is 0 Å². The Bertz CT molecular complexity index is 865. The lowest BCUT2D eigenvalue weighted by molar-refractivity contribution is 0.0209. The van der Waals surface area contributed by atoms with E-state index in [1.165, 1.54) is 0 Å². The third kappa shape index (κ3) is 6.27. The first-order valence-electron chi connectivity index (χ1n) is 8.48. The molecule has 0 atom stereocenters. The van der Waals surface area contributed by atoms with Crippen molar-refractivity contribution in [1.29, 1.82) is 0 Å². The molecule has 7 heteroatoms. The van der Waals surface area contributed by atoms with Gasteiger partial charge in [0, 0.05) is 20.4 Å². The number of hydrogen-bond donors (Lipinski definition) is 1. The number of nitrogens with one attached hydrogen (secondary N) is 1. The number of benzene rings is 2. The molecule has 0 fully saturated rings. The summed E-state index contributed by atoms with van der Waals surface area (Å²) in [7, 11) is 0. The largest absolute Gasteiger partial charge is 0.514 e. The van der Waals surface area contributed by atoms with Crippen molar-refractivity contribution < 1.29 is 23.8 Å². The Labute approximate surface area is 172 Å². The average molecular weight is 485 g/mol. The lowest BCUT2D eigenvalue weighted by Crippen LogP contribution is -2.27. The average Bonchev–Trinajstić information content (AvgIpc) is 2.48. The fourth-order valence-corrected chi connectivity index (χ4v) is 3.02. The third-order valence-electron chi connectivity index (χ3n) is 3.16. The zero-order valence-corrected chi connectivity index (χ0v) is 18.5. The van der Waals surface area contributed by atoms with E-state index in [0.717, 1.165) is 14.3 Å². The van der Waals surface area contributed by atoms with Crippen LogP contribution in [0.25, 0.3) is 10.8 Å². The third-order valence-corrected chi connectivity index (χ3v) is 4.32. The molecule has 27 heavy (non-hydrogen) atoms. The van der Waals surface area contributed by atoms with Crippen LogP contribution >= 0.6 is 22.6 Å². The Kier molecular flexibility index (Phi) is 6.24. The van der Waals surface area contributed by atoms with Crippen LogP contribution in [0.5, 0.6) is 5.75 Å². The summed E-state index contributed by atoms with van der Waals surface area (Å²) < 4.78 is 16.8. The molecule has 1 N–H and O–H groups in total. The molecule has 1 amide bonds. The molecule has 0 saturated heterocycles. The monoisotopic (exact) mass is 485 g/mol. The number of carbonyl (C=O) groups is 2. The molecule has 0 heterocycles. The quantitative estimate of drug-likeness (QED) is 0.316. The van der Waals surface area contributed by atoms with Crippen LogP contribution in [0, 0.1) is 3.57 Å². The normalized spacial score (nSPS) is 11.8. The van der Waals surface area contributed by atoms with Gasteiger partial charge in [0.2, 0.25) is 0 Å². The van der Waals surface area contributed by atoms with Gasteiger partial charge < -0.3 is 14.2 Å². The van der Waals surface area contributed by atoms with Crippen molar-refractivity contribution in [2.45, 2.75) is 52.7 Å². The number of fused-ring (bicyclic) bond motifs is 1. The van der Waals surface area contributed by atoms with E-state index in [9.17, 15) is 9.59 Å². The summed E-state index contributed by atoms with van der Waals surface area (Å²) in [6, 6.07) is 9.05. The maximum Gasteiger partial charge on any atom is 0.514 e. The first-order chi connectivity index (χ1) is 12.4. The first-order valence-corrected chi connectivity index (χ1v) is 9.56.